The lowest BCUT2D eigenvalue weighted by molar-refractivity contribution is 0.0736. The molecule has 118 valence electrons. The number of ether oxygens (including phenoxy) is 2. The van der Waals surface area contributed by atoms with E-state index in [-0.39, 0.29) is 17.3 Å². The summed E-state index contributed by atoms with van der Waals surface area (Å²) in [6.45, 7) is 1.45. The second kappa shape index (κ2) is 9.06. The van der Waals surface area contributed by atoms with Crippen LogP contribution in [0.1, 0.15) is 11.1 Å². The molecule has 0 fully saturated rings. The molecule has 0 aliphatic carbocycles. The van der Waals surface area contributed by atoms with Gasteiger partial charge in [-0.3, -0.25) is 0 Å². The molecule has 1 aromatic carbocycles. The number of hydrogen-bond acceptors (Lipinski definition) is 5. The highest BCUT2D eigenvalue weighted by Gasteiger charge is 2.11. The summed E-state index contributed by atoms with van der Waals surface area (Å²) >= 11 is 4.87. The van der Waals surface area contributed by atoms with Gasteiger partial charge in [-0.15, -0.1) is 0 Å². The van der Waals surface area contributed by atoms with Crippen molar-refractivity contribution < 1.29 is 17.9 Å². The third-order valence-corrected chi connectivity index (χ3v) is 4.16. The molecule has 0 aromatic heterocycles. The monoisotopic (exact) mass is 332 g/mol. The minimum absolute atomic E-state index is 0.123. The van der Waals surface area contributed by atoms with Gasteiger partial charge in [0.25, 0.3) is 0 Å². The predicted molar refractivity (Wildman–Crippen MR) is 85.7 cm³/mol. The second-order valence-electron chi connectivity index (χ2n) is 4.32. The van der Waals surface area contributed by atoms with E-state index in [1.807, 2.05) is 0 Å². The number of sulfonamides is 1. The van der Waals surface area contributed by atoms with Crippen molar-refractivity contribution in [2.45, 2.75) is 5.75 Å². The van der Waals surface area contributed by atoms with Gasteiger partial charge in [0.15, 0.2) is 0 Å². The lowest BCUT2D eigenvalue weighted by atomic mass is 10.1. The zero-order valence-corrected chi connectivity index (χ0v) is 13.5. The third-order valence-electron chi connectivity index (χ3n) is 2.57. The van der Waals surface area contributed by atoms with Crippen molar-refractivity contribution in [1.82, 2.24) is 4.72 Å². The fraction of sp³-hybridized carbons (Fsp3) is 0.462. The molecule has 0 aliphatic heterocycles. The van der Waals surface area contributed by atoms with Crippen LogP contribution in [-0.4, -0.2) is 46.9 Å². The van der Waals surface area contributed by atoms with Crippen LogP contribution in [-0.2, 0) is 25.2 Å². The van der Waals surface area contributed by atoms with Crippen molar-refractivity contribution in [2.75, 3.05) is 33.5 Å². The first-order chi connectivity index (χ1) is 9.94. The quantitative estimate of drug-likeness (QED) is 0.476. The molecular weight excluding hydrogens is 312 g/mol. The van der Waals surface area contributed by atoms with E-state index in [1.165, 1.54) is 0 Å². The maximum Gasteiger partial charge on any atom is 0.215 e. The smallest absolute Gasteiger partial charge is 0.215 e. The Morgan fingerprint density at radius 2 is 2.10 bits per heavy atom. The van der Waals surface area contributed by atoms with Crippen molar-refractivity contribution in [3.63, 3.8) is 0 Å². The van der Waals surface area contributed by atoms with Gasteiger partial charge in [-0.25, -0.2) is 13.1 Å². The normalized spacial score (nSPS) is 11.5. The zero-order chi connectivity index (χ0) is 15.7. The first-order valence-electron chi connectivity index (χ1n) is 6.37. The van der Waals surface area contributed by atoms with Crippen LogP contribution in [0.25, 0.3) is 0 Å². The van der Waals surface area contributed by atoms with Crippen LogP contribution in [0.3, 0.4) is 0 Å². The molecule has 0 atom stereocenters. The maximum absolute atomic E-state index is 11.9. The number of methoxy groups -OCH3 is 1. The number of benzene rings is 1. The molecule has 0 saturated heterocycles. The number of thiocarbonyl (C=S) groups is 1. The second-order valence-corrected chi connectivity index (χ2v) is 6.57. The molecule has 0 spiro atoms. The molecule has 0 aliphatic rings. The van der Waals surface area contributed by atoms with E-state index < -0.39 is 10.0 Å². The van der Waals surface area contributed by atoms with Gasteiger partial charge in [-0.05, 0) is 11.6 Å². The minimum atomic E-state index is -3.42. The Morgan fingerprint density at radius 1 is 1.33 bits per heavy atom. The highest BCUT2D eigenvalue weighted by molar-refractivity contribution is 7.88. The van der Waals surface area contributed by atoms with E-state index in [2.05, 4.69) is 4.72 Å². The van der Waals surface area contributed by atoms with Gasteiger partial charge in [-0.1, -0.05) is 30.4 Å². The van der Waals surface area contributed by atoms with Crippen LogP contribution in [0.15, 0.2) is 24.3 Å². The number of rotatable bonds is 10. The topological polar surface area (TPSA) is 90.6 Å². The van der Waals surface area contributed by atoms with Gasteiger partial charge in [0.2, 0.25) is 10.0 Å². The van der Waals surface area contributed by atoms with E-state index in [0.29, 0.717) is 30.9 Å². The summed E-state index contributed by atoms with van der Waals surface area (Å²) < 4.78 is 36.3. The molecule has 8 heteroatoms. The van der Waals surface area contributed by atoms with Crippen LogP contribution in [0.5, 0.6) is 0 Å². The van der Waals surface area contributed by atoms with E-state index in [4.69, 9.17) is 27.4 Å². The Morgan fingerprint density at radius 3 is 2.76 bits per heavy atom. The van der Waals surface area contributed by atoms with E-state index in [0.717, 1.165) is 0 Å². The predicted octanol–water partition coefficient (Wildman–Crippen LogP) is 0.403. The lowest BCUT2D eigenvalue weighted by Gasteiger charge is -2.08. The molecule has 3 N–H and O–H groups in total. The summed E-state index contributed by atoms with van der Waals surface area (Å²) in [6, 6.07) is 6.87. The van der Waals surface area contributed by atoms with E-state index in [9.17, 15) is 8.42 Å². The Labute approximate surface area is 130 Å². The molecule has 0 unspecified atom stereocenters. The van der Waals surface area contributed by atoms with E-state index in [1.54, 1.807) is 31.4 Å². The van der Waals surface area contributed by atoms with Crippen LogP contribution in [0, 0.1) is 0 Å². The zero-order valence-electron chi connectivity index (χ0n) is 11.9. The van der Waals surface area contributed by atoms with Crippen LogP contribution in [0.4, 0.5) is 0 Å². The number of hydrogen-bond donors (Lipinski definition) is 2. The standard InChI is InChI=1S/C13H20N2O4S2/c1-18-7-8-19-6-5-15-21(16,17)10-11-3-2-4-12(9-11)13(14)20/h2-4,9,15H,5-8,10H2,1H3,(H2,14,20). The summed E-state index contributed by atoms with van der Waals surface area (Å²) in [5.41, 5.74) is 6.81. The van der Waals surface area contributed by atoms with Crippen LogP contribution < -0.4 is 10.5 Å². The number of nitrogens with two attached hydrogens (primary N) is 1. The van der Waals surface area contributed by atoms with Crippen molar-refractivity contribution in [3.05, 3.63) is 35.4 Å². The van der Waals surface area contributed by atoms with E-state index >= 15 is 0 Å². The molecule has 21 heavy (non-hydrogen) atoms. The summed E-state index contributed by atoms with van der Waals surface area (Å²) in [6.07, 6.45) is 0. The molecular formula is C13H20N2O4S2. The summed E-state index contributed by atoms with van der Waals surface area (Å²) in [7, 11) is -1.84. The Hall–Kier alpha value is -1.06. The van der Waals surface area contributed by atoms with Gasteiger partial charge in [0.05, 0.1) is 25.6 Å². The highest BCUT2D eigenvalue weighted by Crippen LogP contribution is 2.08. The molecule has 1 aromatic rings. The molecule has 0 bridgehead atoms. The Kier molecular flexibility index (Phi) is 7.76. The SMILES string of the molecule is COCCOCCNS(=O)(=O)Cc1cccc(C(N)=S)c1. The van der Waals surface area contributed by atoms with Crippen molar-refractivity contribution >= 4 is 27.2 Å². The fourth-order valence-electron chi connectivity index (χ4n) is 1.60. The summed E-state index contributed by atoms with van der Waals surface area (Å²) in [4.78, 5) is 0.244. The highest BCUT2D eigenvalue weighted by atomic mass is 32.2. The molecule has 0 radical (unpaired) electrons. The van der Waals surface area contributed by atoms with Gasteiger partial charge in [0, 0.05) is 19.2 Å². The van der Waals surface area contributed by atoms with Crippen molar-refractivity contribution in [3.8, 4) is 0 Å². The number of nitrogens with one attached hydrogen (secondary N) is 1. The van der Waals surface area contributed by atoms with Gasteiger partial charge in [-0.2, -0.15) is 0 Å². The average Bonchev–Trinajstić information content (AvgIpc) is 2.42. The third kappa shape index (κ3) is 7.49. The first-order valence-corrected chi connectivity index (χ1v) is 8.43. The molecule has 6 nitrogen and oxygen atoms in total. The Balaban J connectivity index is 2.45. The minimum Gasteiger partial charge on any atom is -0.389 e. The lowest BCUT2D eigenvalue weighted by Crippen LogP contribution is -2.29. The fourth-order valence-corrected chi connectivity index (χ4v) is 2.84. The molecule has 1 rings (SSSR count). The molecule has 0 amide bonds. The maximum atomic E-state index is 11.9. The largest absolute Gasteiger partial charge is 0.389 e. The molecule has 0 saturated carbocycles. The summed E-state index contributed by atoms with van der Waals surface area (Å²) in [5.74, 6) is -0.123. The van der Waals surface area contributed by atoms with Crippen molar-refractivity contribution in [2.24, 2.45) is 5.73 Å². The van der Waals surface area contributed by atoms with Gasteiger partial charge >= 0.3 is 0 Å². The van der Waals surface area contributed by atoms with Crippen molar-refractivity contribution in [1.29, 1.82) is 0 Å². The Bertz CT molecular complexity index is 561. The van der Waals surface area contributed by atoms with Crippen LogP contribution in [0.2, 0.25) is 0 Å². The first kappa shape index (κ1) is 18.0. The average molecular weight is 332 g/mol. The van der Waals surface area contributed by atoms with Gasteiger partial charge in [0.1, 0.15) is 4.99 Å². The van der Waals surface area contributed by atoms with Gasteiger partial charge < -0.3 is 15.2 Å². The summed E-state index contributed by atoms with van der Waals surface area (Å²) in [5, 5.41) is 0. The van der Waals surface area contributed by atoms with Crippen LogP contribution >= 0.6 is 12.2 Å². The molecule has 0 heterocycles.